The summed E-state index contributed by atoms with van der Waals surface area (Å²) in [6.07, 6.45) is 1.57. The third-order valence-electron chi connectivity index (χ3n) is 3.04. The lowest BCUT2D eigenvalue weighted by atomic mass is 9.96. The van der Waals surface area contributed by atoms with Gasteiger partial charge in [0.1, 0.15) is 6.61 Å². The second-order valence-corrected chi connectivity index (χ2v) is 4.43. The number of hydrogen-bond donors (Lipinski definition) is 2. The first-order valence-electron chi connectivity index (χ1n) is 6.10. The van der Waals surface area contributed by atoms with Gasteiger partial charge in [0, 0.05) is 17.2 Å². The molecule has 1 atom stereocenters. The van der Waals surface area contributed by atoms with Crippen molar-refractivity contribution in [1.82, 2.24) is 5.32 Å². The largest absolute Gasteiger partial charge is 0.489 e. The van der Waals surface area contributed by atoms with Gasteiger partial charge in [-0.25, -0.2) is 4.39 Å². The second-order valence-electron chi connectivity index (χ2n) is 4.43. The highest BCUT2D eigenvalue weighted by molar-refractivity contribution is 5.95. The average Bonchev–Trinajstić information content (AvgIpc) is 2.36. The molecular weight excluding hydrogens is 235 g/mol. The Balaban J connectivity index is 2.28. The Morgan fingerprint density at radius 2 is 2.39 bits per heavy atom. The molecule has 3 N–H and O–H groups in total. The van der Waals surface area contributed by atoms with E-state index in [1.165, 1.54) is 12.1 Å². The predicted molar refractivity (Wildman–Crippen MR) is 66.2 cm³/mol. The van der Waals surface area contributed by atoms with Crippen molar-refractivity contribution in [2.45, 2.75) is 25.8 Å². The van der Waals surface area contributed by atoms with E-state index in [0.29, 0.717) is 24.2 Å². The molecule has 1 aromatic carbocycles. The minimum Gasteiger partial charge on any atom is -0.489 e. The number of nitrogens with one attached hydrogen (secondary N) is 1. The Morgan fingerprint density at radius 1 is 1.61 bits per heavy atom. The van der Waals surface area contributed by atoms with Crippen LogP contribution in [0.1, 0.15) is 29.3 Å². The van der Waals surface area contributed by atoms with Crippen LogP contribution >= 0.6 is 0 Å². The highest BCUT2D eigenvalue weighted by Gasteiger charge is 2.26. The van der Waals surface area contributed by atoms with E-state index < -0.39 is 11.7 Å². The van der Waals surface area contributed by atoms with Crippen LogP contribution in [0, 0.1) is 5.82 Å². The number of primary amides is 1. The van der Waals surface area contributed by atoms with Gasteiger partial charge in [-0.3, -0.25) is 4.79 Å². The fraction of sp³-hybridized carbons (Fsp3) is 0.462. The fourth-order valence-electron chi connectivity index (χ4n) is 2.16. The van der Waals surface area contributed by atoms with Gasteiger partial charge in [-0.05, 0) is 31.5 Å². The van der Waals surface area contributed by atoms with Gasteiger partial charge in [-0.2, -0.15) is 0 Å². The molecule has 1 aliphatic heterocycles. The molecule has 0 radical (unpaired) electrons. The first kappa shape index (κ1) is 12.8. The third-order valence-corrected chi connectivity index (χ3v) is 3.04. The van der Waals surface area contributed by atoms with Crippen LogP contribution in [-0.4, -0.2) is 25.1 Å². The van der Waals surface area contributed by atoms with E-state index in [1.54, 1.807) is 0 Å². The second kappa shape index (κ2) is 5.35. The molecule has 5 heteroatoms. The molecule has 0 saturated carbocycles. The maximum absolute atomic E-state index is 13.6. The number of ether oxygens (including phenoxy) is 1. The summed E-state index contributed by atoms with van der Waals surface area (Å²) in [7, 11) is 0. The topological polar surface area (TPSA) is 64.3 Å². The number of nitrogens with two attached hydrogens (primary N) is 1. The minimum atomic E-state index is -0.550. The lowest BCUT2D eigenvalue weighted by Crippen LogP contribution is -2.40. The molecule has 0 aliphatic carbocycles. The molecule has 1 aliphatic rings. The van der Waals surface area contributed by atoms with Gasteiger partial charge < -0.3 is 15.8 Å². The number of amides is 1. The van der Waals surface area contributed by atoms with Crippen molar-refractivity contribution < 1.29 is 13.9 Å². The van der Waals surface area contributed by atoms with Crippen LogP contribution in [0.5, 0.6) is 5.75 Å². The Morgan fingerprint density at radius 3 is 3.06 bits per heavy atom. The maximum atomic E-state index is 13.6. The number of hydrogen-bond acceptors (Lipinski definition) is 3. The number of fused-ring (bicyclic) bond motifs is 1. The molecule has 98 valence electrons. The number of carbonyl (C=O) groups excluding carboxylic acids is 1. The molecule has 1 aromatic rings. The molecule has 0 bridgehead atoms. The Kier molecular flexibility index (Phi) is 3.81. The van der Waals surface area contributed by atoms with Crippen molar-refractivity contribution in [3.8, 4) is 5.75 Å². The summed E-state index contributed by atoms with van der Waals surface area (Å²) >= 11 is 0. The van der Waals surface area contributed by atoms with Crippen LogP contribution in [0.15, 0.2) is 12.1 Å². The quantitative estimate of drug-likeness (QED) is 0.847. The Labute approximate surface area is 105 Å². The van der Waals surface area contributed by atoms with E-state index in [9.17, 15) is 9.18 Å². The van der Waals surface area contributed by atoms with Crippen molar-refractivity contribution in [3.63, 3.8) is 0 Å². The first-order valence-corrected chi connectivity index (χ1v) is 6.10. The third kappa shape index (κ3) is 2.46. The summed E-state index contributed by atoms with van der Waals surface area (Å²) in [5.41, 5.74) is 6.21. The summed E-state index contributed by atoms with van der Waals surface area (Å²) in [5, 5.41) is 3.30. The standard InChI is InChI=1S/C13H17FN2O2/c1-2-5-16-8-6-10-9(13(15)17)3-4-11(14)12(10)18-7-8/h3-4,8,16H,2,5-7H2,1H3,(H2,15,17). The van der Waals surface area contributed by atoms with E-state index in [2.05, 4.69) is 12.2 Å². The summed E-state index contributed by atoms with van der Waals surface area (Å²) in [6.45, 7) is 3.34. The number of benzene rings is 1. The molecule has 0 aromatic heterocycles. The summed E-state index contributed by atoms with van der Waals surface area (Å²) in [4.78, 5) is 11.3. The zero-order valence-corrected chi connectivity index (χ0v) is 10.3. The number of carbonyl (C=O) groups is 1. The molecule has 1 heterocycles. The Hall–Kier alpha value is -1.62. The van der Waals surface area contributed by atoms with Gasteiger partial charge in [0.25, 0.3) is 0 Å². The molecule has 1 amide bonds. The van der Waals surface area contributed by atoms with Crippen molar-refractivity contribution in [3.05, 3.63) is 29.1 Å². The minimum absolute atomic E-state index is 0.0948. The van der Waals surface area contributed by atoms with Crippen molar-refractivity contribution >= 4 is 5.91 Å². The van der Waals surface area contributed by atoms with Crippen molar-refractivity contribution in [2.24, 2.45) is 5.73 Å². The molecular formula is C13H17FN2O2. The molecule has 2 rings (SSSR count). The van der Waals surface area contributed by atoms with Gasteiger partial charge in [-0.1, -0.05) is 6.92 Å². The summed E-state index contributed by atoms with van der Waals surface area (Å²) in [6, 6.07) is 2.73. The van der Waals surface area contributed by atoms with Gasteiger partial charge in [0.15, 0.2) is 11.6 Å². The van der Waals surface area contributed by atoms with Gasteiger partial charge in [0.2, 0.25) is 5.91 Å². The maximum Gasteiger partial charge on any atom is 0.249 e. The highest BCUT2D eigenvalue weighted by atomic mass is 19.1. The highest BCUT2D eigenvalue weighted by Crippen LogP contribution is 2.30. The molecule has 0 spiro atoms. The van der Waals surface area contributed by atoms with Crippen LogP contribution in [0.2, 0.25) is 0 Å². The fourth-order valence-corrected chi connectivity index (χ4v) is 2.16. The SMILES string of the molecule is CCCNC1COc2c(F)ccc(C(N)=O)c2C1. The smallest absolute Gasteiger partial charge is 0.249 e. The predicted octanol–water partition coefficient (Wildman–Crippen LogP) is 1.23. The van der Waals surface area contributed by atoms with Crippen LogP contribution in [0.25, 0.3) is 0 Å². The molecule has 0 saturated heterocycles. The lowest BCUT2D eigenvalue weighted by molar-refractivity contribution is 0.0997. The van der Waals surface area contributed by atoms with Crippen LogP contribution in [0.3, 0.4) is 0 Å². The molecule has 18 heavy (non-hydrogen) atoms. The van der Waals surface area contributed by atoms with Crippen molar-refractivity contribution in [1.29, 1.82) is 0 Å². The van der Waals surface area contributed by atoms with Crippen LogP contribution in [0.4, 0.5) is 4.39 Å². The zero-order chi connectivity index (χ0) is 13.1. The van der Waals surface area contributed by atoms with Gasteiger partial charge >= 0.3 is 0 Å². The summed E-state index contributed by atoms with van der Waals surface area (Å²) < 4.78 is 19.0. The van der Waals surface area contributed by atoms with Crippen LogP contribution < -0.4 is 15.8 Å². The van der Waals surface area contributed by atoms with E-state index in [0.717, 1.165) is 13.0 Å². The molecule has 4 nitrogen and oxygen atoms in total. The first-order chi connectivity index (χ1) is 8.63. The average molecular weight is 252 g/mol. The zero-order valence-electron chi connectivity index (χ0n) is 10.3. The monoisotopic (exact) mass is 252 g/mol. The number of rotatable bonds is 4. The molecule has 0 fully saturated rings. The number of halogens is 1. The van der Waals surface area contributed by atoms with E-state index in [1.807, 2.05) is 0 Å². The van der Waals surface area contributed by atoms with Crippen molar-refractivity contribution in [2.75, 3.05) is 13.2 Å². The van der Waals surface area contributed by atoms with E-state index in [-0.39, 0.29) is 11.8 Å². The lowest BCUT2D eigenvalue weighted by Gasteiger charge is -2.27. The van der Waals surface area contributed by atoms with Crippen LogP contribution in [-0.2, 0) is 6.42 Å². The van der Waals surface area contributed by atoms with Gasteiger partial charge in [-0.15, -0.1) is 0 Å². The Bertz CT molecular complexity index is 463. The van der Waals surface area contributed by atoms with E-state index in [4.69, 9.17) is 10.5 Å². The summed E-state index contributed by atoms with van der Waals surface area (Å²) in [5.74, 6) is -0.823. The molecule has 1 unspecified atom stereocenters. The van der Waals surface area contributed by atoms with E-state index >= 15 is 0 Å². The normalized spacial score (nSPS) is 18.0. The van der Waals surface area contributed by atoms with Gasteiger partial charge in [0.05, 0.1) is 0 Å².